The highest BCUT2D eigenvalue weighted by molar-refractivity contribution is 7.84. The molecule has 2 aromatic heterocycles. The Morgan fingerprint density at radius 2 is 2.38 bits per heavy atom. The van der Waals surface area contributed by atoms with Crippen molar-refractivity contribution in [2.24, 2.45) is 0 Å². The fourth-order valence-corrected chi connectivity index (χ4v) is 1.81. The topological polar surface area (TPSA) is 79.8 Å². The molecule has 16 heavy (non-hydrogen) atoms. The molecule has 6 heteroatoms. The molecule has 2 rings (SSSR count). The molecule has 0 radical (unpaired) electrons. The molecule has 0 aromatic carbocycles. The van der Waals surface area contributed by atoms with Gasteiger partial charge in [-0.15, -0.1) is 0 Å². The van der Waals surface area contributed by atoms with Crippen LogP contribution >= 0.6 is 0 Å². The lowest BCUT2D eigenvalue weighted by atomic mass is 10.3. The van der Waals surface area contributed by atoms with E-state index in [2.05, 4.69) is 9.97 Å². The number of furan rings is 1. The molecule has 0 amide bonds. The maximum Gasteiger partial charge on any atom is 0.196 e. The molecule has 80 valence electrons. The highest BCUT2D eigenvalue weighted by atomic mass is 32.2. The molecule has 2 aromatic rings. The highest BCUT2D eigenvalue weighted by Crippen LogP contribution is 2.17. The second-order valence-corrected chi connectivity index (χ2v) is 4.25. The standard InChI is InChI=1S/C10H7N3O2S/c1-16(14)10-7(5-11)6-12-9(13-10)8-3-2-4-15-8/h2-4,6H,1H3. The molecule has 0 spiro atoms. The van der Waals surface area contributed by atoms with E-state index < -0.39 is 10.8 Å². The second-order valence-electron chi connectivity index (χ2n) is 2.96. The maximum absolute atomic E-state index is 11.4. The van der Waals surface area contributed by atoms with Crippen LogP contribution in [0.4, 0.5) is 0 Å². The summed E-state index contributed by atoms with van der Waals surface area (Å²) in [7, 11) is -1.33. The Morgan fingerprint density at radius 1 is 1.56 bits per heavy atom. The minimum Gasteiger partial charge on any atom is -0.461 e. The van der Waals surface area contributed by atoms with E-state index in [9.17, 15) is 4.21 Å². The van der Waals surface area contributed by atoms with Gasteiger partial charge in [-0.3, -0.25) is 4.21 Å². The van der Waals surface area contributed by atoms with E-state index in [0.29, 0.717) is 11.6 Å². The van der Waals surface area contributed by atoms with Crippen LogP contribution in [0.2, 0.25) is 0 Å². The molecule has 5 nitrogen and oxygen atoms in total. The van der Waals surface area contributed by atoms with Gasteiger partial charge in [0.1, 0.15) is 16.7 Å². The van der Waals surface area contributed by atoms with Gasteiger partial charge in [0.2, 0.25) is 0 Å². The molecule has 1 unspecified atom stereocenters. The Kier molecular flexibility index (Phi) is 2.79. The largest absolute Gasteiger partial charge is 0.461 e. The fraction of sp³-hybridized carbons (Fsp3) is 0.100. The van der Waals surface area contributed by atoms with Gasteiger partial charge in [-0.1, -0.05) is 0 Å². The van der Waals surface area contributed by atoms with Gasteiger partial charge in [-0.2, -0.15) is 5.26 Å². The van der Waals surface area contributed by atoms with Gasteiger partial charge in [0.15, 0.2) is 11.6 Å². The molecule has 0 N–H and O–H groups in total. The quantitative estimate of drug-likeness (QED) is 0.731. The van der Waals surface area contributed by atoms with Gasteiger partial charge in [-0.25, -0.2) is 9.97 Å². The summed E-state index contributed by atoms with van der Waals surface area (Å²) in [6.45, 7) is 0. The summed E-state index contributed by atoms with van der Waals surface area (Å²) in [4.78, 5) is 8.03. The molecule has 0 fully saturated rings. The van der Waals surface area contributed by atoms with Gasteiger partial charge < -0.3 is 4.42 Å². The number of nitrogens with zero attached hydrogens (tertiary/aromatic N) is 3. The van der Waals surface area contributed by atoms with E-state index in [1.165, 1.54) is 18.7 Å². The Balaban J connectivity index is 2.57. The van der Waals surface area contributed by atoms with Gasteiger partial charge in [0, 0.05) is 6.26 Å². The lowest BCUT2D eigenvalue weighted by molar-refractivity contribution is 0.576. The zero-order chi connectivity index (χ0) is 11.5. The van der Waals surface area contributed by atoms with Crippen molar-refractivity contribution in [3.8, 4) is 17.7 Å². The normalized spacial score (nSPS) is 12.0. The third kappa shape index (κ3) is 1.85. The maximum atomic E-state index is 11.4. The first-order valence-electron chi connectivity index (χ1n) is 4.37. The fourth-order valence-electron chi connectivity index (χ4n) is 1.19. The summed E-state index contributed by atoms with van der Waals surface area (Å²) < 4.78 is 16.5. The predicted octanol–water partition coefficient (Wildman–Crippen LogP) is 1.35. The Bertz CT molecular complexity index is 572. The lowest BCUT2D eigenvalue weighted by Gasteiger charge is -2.00. The summed E-state index contributed by atoms with van der Waals surface area (Å²) in [6.07, 6.45) is 4.32. The third-order valence-corrected chi connectivity index (χ3v) is 2.74. The van der Waals surface area contributed by atoms with Crippen LogP contribution in [0.25, 0.3) is 11.6 Å². The molecular formula is C10H7N3O2S. The lowest BCUT2D eigenvalue weighted by Crippen LogP contribution is -2.00. The number of hydrogen-bond donors (Lipinski definition) is 0. The van der Waals surface area contributed by atoms with Crippen molar-refractivity contribution in [2.75, 3.05) is 6.26 Å². The van der Waals surface area contributed by atoms with E-state index in [-0.39, 0.29) is 10.6 Å². The van der Waals surface area contributed by atoms with Crippen molar-refractivity contribution in [3.05, 3.63) is 30.2 Å². The van der Waals surface area contributed by atoms with E-state index in [1.54, 1.807) is 12.1 Å². The molecule has 0 saturated heterocycles. The first kappa shape index (κ1) is 10.5. The van der Waals surface area contributed by atoms with E-state index in [0.717, 1.165) is 0 Å². The average molecular weight is 233 g/mol. The van der Waals surface area contributed by atoms with Gasteiger partial charge in [0.25, 0.3) is 0 Å². The van der Waals surface area contributed by atoms with Crippen LogP contribution in [0.15, 0.2) is 34.0 Å². The smallest absolute Gasteiger partial charge is 0.196 e. The van der Waals surface area contributed by atoms with Crippen molar-refractivity contribution in [3.63, 3.8) is 0 Å². The zero-order valence-corrected chi connectivity index (χ0v) is 9.19. The molecule has 0 aliphatic heterocycles. The number of nitriles is 1. The minimum absolute atomic E-state index is 0.219. The first-order chi connectivity index (χ1) is 7.72. The van der Waals surface area contributed by atoms with Crippen molar-refractivity contribution in [2.45, 2.75) is 5.03 Å². The molecule has 0 aliphatic carbocycles. The number of aromatic nitrogens is 2. The molecule has 1 atom stereocenters. The minimum atomic E-state index is -1.33. The van der Waals surface area contributed by atoms with Crippen LogP contribution < -0.4 is 0 Å². The highest BCUT2D eigenvalue weighted by Gasteiger charge is 2.12. The summed E-state index contributed by atoms with van der Waals surface area (Å²) >= 11 is 0. The van der Waals surface area contributed by atoms with E-state index in [4.69, 9.17) is 9.68 Å². The van der Waals surface area contributed by atoms with Crippen molar-refractivity contribution < 1.29 is 8.63 Å². The van der Waals surface area contributed by atoms with Crippen molar-refractivity contribution in [1.82, 2.24) is 9.97 Å². The SMILES string of the molecule is CS(=O)c1nc(-c2ccco2)ncc1C#N. The monoisotopic (exact) mass is 233 g/mol. The van der Waals surface area contributed by atoms with Crippen LogP contribution in [0.5, 0.6) is 0 Å². The molecule has 2 heterocycles. The van der Waals surface area contributed by atoms with Crippen molar-refractivity contribution >= 4 is 10.8 Å². The van der Waals surface area contributed by atoms with Crippen LogP contribution in [0, 0.1) is 11.3 Å². The van der Waals surface area contributed by atoms with Gasteiger partial charge in [0.05, 0.1) is 23.3 Å². The third-order valence-electron chi connectivity index (χ3n) is 1.89. The summed E-state index contributed by atoms with van der Waals surface area (Å²) in [6, 6.07) is 5.31. The van der Waals surface area contributed by atoms with Crippen LogP contribution in [-0.4, -0.2) is 20.4 Å². The van der Waals surface area contributed by atoms with E-state index in [1.807, 2.05) is 6.07 Å². The molecule has 0 saturated carbocycles. The van der Waals surface area contributed by atoms with E-state index >= 15 is 0 Å². The summed E-state index contributed by atoms with van der Waals surface area (Å²) in [5.74, 6) is 0.811. The number of hydrogen-bond acceptors (Lipinski definition) is 5. The predicted molar refractivity (Wildman–Crippen MR) is 56.8 cm³/mol. The molecule has 0 aliphatic rings. The zero-order valence-electron chi connectivity index (χ0n) is 8.38. The van der Waals surface area contributed by atoms with Crippen LogP contribution in [0.1, 0.15) is 5.56 Å². The molecule has 0 bridgehead atoms. The average Bonchev–Trinajstić information content (AvgIpc) is 2.81. The Hall–Kier alpha value is -2.00. The second kappa shape index (κ2) is 4.24. The van der Waals surface area contributed by atoms with Crippen molar-refractivity contribution in [1.29, 1.82) is 5.26 Å². The first-order valence-corrected chi connectivity index (χ1v) is 5.92. The Morgan fingerprint density at radius 3 is 2.94 bits per heavy atom. The summed E-state index contributed by atoms with van der Waals surface area (Å²) in [5, 5.41) is 9.03. The number of rotatable bonds is 2. The Labute approximate surface area is 94.2 Å². The van der Waals surface area contributed by atoms with Crippen LogP contribution in [-0.2, 0) is 10.8 Å². The molecular weight excluding hydrogens is 226 g/mol. The van der Waals surface area contributed by atoms with Crippen LogP contribution in [0.3, 0.4) is 0 Å². The summed E-state index contributed by atoms with van der Waals surface area (Å²) in [5.41, 5.74) is 0.219. The van der Waals surface area contributed by atoms with Gasteiger partial charge >= 0.3 is 0 Å². The van der Waals surface area contributed by atoms with Gasteiger partial charge in [-0.05, 0) is 12.1 Å².